The summed E-state index contributed by atoms with van der Waals surface area (Å²) in [6.07, 6.45) is 9.26. The Bertz CT molecular complexity index is 1440. The van der Waals surface area contributed by atoms with Gasteiger partial charge in [0.2, 0.25) is 0 Å². The van der Waals surface area contributed by atoms with Crippen LogP contribution in [-0.2, 0) is 12.8 Å². The van der Waals surface area contributed by atoms with Gasteiger partial charge in [-0.3, -0.25) is 4.79 Å². The van der Waals surface area contributed by atoms with Crippen molar-refractivity contribution in [2.75, 3.05) is 0 Å². The lowest BCUT2D eigenvalue weighted by molar-refractivity contribution is 0.0695. The Morgan fingerprint density at radius 2 is 1.83 bits per heavy atom. The molecule has 2 N–H and O–H groups in total. The highest BCUT2D eigenvalue weighted by molar-refractivity contribution is 7.15. The Labute approximate surface area is 207 Å². The van der Waals surface area contributed by atoms with Crippen molar-refractivity contribution in [1.82, 2.24) is 14.6 Å². The van der Waals surface area contributed by atoms with Gasteiger partial charge in [0, 0.05) is 34.2 Å². The molecule has 0 atom stereocenters. The third-order valence-electron chi connectivity index (χ3n) is 6.44. The highest BCUT2D eigenvalue weighted by Gasteiger charge is 2.27. The lowest BCUT2D eigenvalue weighted by Crippen LogP contribution is -2.19. The number of thiophene rings is 1. The van der Waals surface area contributed by atoms with Gasteiger partial charge in [0.15, 0.2) is 0 Å². The molecular formula is C27H26N4O3S. The number of hydrogen-bond donors (Lipinski definition) is 2. The van der Waals surface area contributed by atoms with Crippen LogP contribution in [0.3, 0.4) is 0 Å². The normalized spacial score (nSPS) is 13.2. The summed E-state index contributed by atoms with van der Waals surface area (Å²) in [5.74, 6) is -1.19. The average Bonchev–Trinajstić information content (AvgIpc) is 3.57. The van der Waals surface area contributed by atoms with E-state index in [0.29, 0.717) is 11.1 Å². The molecule has 4 aromatic rings. The second kappa shape index (κ2) is 9.38. The van der Waals surface area contributed by atoms with Crippen LogP contribution in [0.1, 0.15) is 60.9 Å². The predicted octanol–water partition coefficient (Wildman–Crippen LogP) is 5.29. The van der Waals surface area contributed by atoms with E-state index in [0.717, 1.165) is 58.9 Å². The van der Waals surface area contributed by atoms with Crippen LogP contribution in [0, 0.1) is 13.8 Å². The molecule has 3 aromatic heterocycles. The first-order valence-electron chi connectivity index (χ1n) is 11.6. The summed E-state index contributed by atoms with van der Waals surface area (Å²) in [5, 5.41) is 14.9. The number of para-hydroxylation sites is 1. The zero-order valence-electron chi connectivity index (χ0n) is 19.6. The van der Waals surface area contributed by atoms with Gasteiger partial charge >= 0.3 is 5.97 Å². The molecule has 1 aromatic carbocycles. The molecule has 0 fully saturated rings. The van der Waals surface area contributed by atoms with Crippen molar-refractivity contribution in [1.29, 1.82) is 0 Å². The number of fused-ring (bicyclic) bond motifs is 1. The van der Waals surface area contributed by atoms with E-state index in [4.69, 9.17) is 0 Å². The fourth-order valence-corrected chi connectivity index (χ4v) is 6.26. The molecule has 7 nitrogen and oxygen atoms in total. The van der Waals surface area contributed by atoms with E-state index in [-0.39, 0.29) is 5.91 Å². The standard InChI is InChI=1S/C27H26N4O3S/c1-17-15-19(16-28-29-25(32)20-9-3-5-11-22(20)30-13-7-8-14-30)18(2)31(17)26-24(27(33)34)21-10-4-6-12-23(21)35-26/h3,5,7-9,11,13-16H,4,6,10,12H2,1-2H3,(H,29,32)(H,33,34)/b28-16-. The number of carbonyl (C=O) groups is 2. The number of nitrogens with zero attached hydrogens (tertiary/aromatic N) is 3. The van der Waals surface area contributed by atoms with E-state index in [1.807, 2.05) is 71.8 Å². The van der Waals surface area contributed by atoms with Crippen molar-refractivity contribution < 1.29 is 14.7 Å². The number of aryl methyl sites for hydroxylation is 2. The van der Waals surface area contributed by atoms with Crippen molar-refractivity contribution in [2.45, 2.75) is 39.5 Å². The van der Waals surface area contributed by atoms with Crippen LogP contribution in [0.2, 0.25) is 0 Å². The number of carboxylic acids is 1. The molecule has 1 aliphatic rings. The second-order valence-electron chi connectivity index (χ2n) is 8.66. The van der Waals surface area contributed by atoms with Crippen molar-refractivity contribution in [3.05, 3.63) is 93.4 Å². The molecule has 35 heavy (non-hydrogen) atoms. The molecule has 1 amide bonds. The second-order valence-corrected chi connectivity index (χ2v) is 9.75. The van der Waals surface area contributed by atoms with Gasteiger partial charge in [-0.1, -0.05) is 12.1 Å². The first-order valence-corrected chi connectivity index (χ1v) is 12.4. The third kappa shape index (κ3) is 4.21. The number of carboxylic acid groups (broad SMARTS) is 1. The summed E-state index contributed by atoms with van der Waals surface area (Å²) in [7, 11) is 0. The lowest BCUT2D eigenvalue weighted by Gasteiger charge is -2.11. The van der Waals surface area contributed by atoms with E-state index in [2.05, 4.69) is 10.5 Å². The van der Waals surface area contributed by atoms with Gasteiger partial charge in [0.05, 0.1) is 23.0 Å². The Morgan fingerprint density at radius 3 is 2.60 bits per heavy atom. The van der Waals surface area contributed by atoms with Gasteiger partial charge in [-0.05, 0) is 75.4 Å². The van der Waals surface area contributed by atoms with Crippen LogP contribution >= 0.6 is 11.3 Å². The number of aromatic carboxylic acids is 1. The first kappa shape index (κ1) is 22.9. The van der Waals surface area contributed by atoms with Gasteiger partial charge in [-0.15, -0.1) is 11.3 Å². The Balaban J connectivity index is 1.42. The van der Waals surface area contributed by atoms with Gasteiger partial charge in [-0.25, -0.2) is 10.2 Å². The molecule has 8 heteroatoms. The SMILES string of the molecule is Cc1cc(/C=N\NC(=O)c2ccccc2-n2cccc2)c(C)n1-c1sc2c(c1C(=O)O)CCCC2. The lowest BCUT2D eigenvalue weighted by atomic mass is 9.95. The van der Waals surface area contributed by atoms with Crippen LogP contribution in [0.4, 0.5) is 0 Å². The topological polar surface area (TPSA) is 88.6 Å². The molecule has 0 aliphatic heterocycles. The molecule has 0 spiro atoms. The fourth-order valence-electron chi connectivity index (χ4n) is 4.77. The summed E-state index contributed by atoms with van der Waals surface area (Å²) >= 11 is 1.58. The third-order valence-corrected chi connectivity index (χ3v) is 7.72. The summed E-state index contributed by atoms with van der Waals surface area (Å²) in [6.45, 7) is 3.91. The minimum Gasteiger partial charge on any atom is -0.478 e. The Kier molecular flexibility index (Phi) is 6.13. The summed E-state index contributed by atoms with van der Waals surface area (Å²) in [5.41, 5.74) is 7.96. The quantitative estimate of drug-likeness (QED) is 0.287. The molecular weight excluding hydrogens is 460 g/mol. The van der Waals surface area contributed by atoms with Crippen molar-refractivity contribution in [2.24, 2.45) is 5.10 Å². The molecule has 0 saturated carbocycles. The van der Waals surface area contributed by atoms with Crippen molar-refractivity contribution in [3.8, 4) is 10.7 Å². The van der Waals surface area contributed by atoms with Gasteiger partial charge in [0.25, 0.3) is 5.91 Å². The van der Waals surface area contributed by atoms with Crippen LogP contribution in [0.5, 0.6) is 0 Å². The van der Waals surface area contributed by atoms with E-state index >= 15 is 0 Å². The molecule has 1 aliphatic carbocycles. The minimum atomic E-state index is -0.879. The largest absolute Gasteiger partial charge is 0.478 e. The maximum Gasteiger partial charge on any atom is 0.339 e. The predicted molar refractivity (Wildman–Crippen MR) is 138 cm³/mol. The molecule has 0 saturated heterocycles. The Morgan fingerprint density at radius 1 is 1.09 bits per heavy atom. The number of carbonyl (C=O) groups excluding carboxylic acids is 1. The van der Waals surface area contributed by atoms with Crippen LogP contribution < -0.4 is 5.43 Å². The smallest absolute Gasteiger partial charge is 0.339 e. The number of rotatable bonds is 6. The van der Waals surface area contributed by atoms with E-state index < -0.39 is 5.97 Å². The van der Waals surface area contributed by atoms with Gasteiger partial charge < -0.3 is 14.2 Å². The minimum absolute atomic E-state index is 0.307. The first-order chi connectivity index (χ1) is 17.0. The molecule has 178 valence electrons. The molecule has 0 radical (unpaired) electrons. The van der Waals surface area contributed by atoms with E-state index in [1.165, 1.54) is 4.88 Å². The van der Waals surface area contributed by atoms with Crippen LogP contribution in [0.15, 0.2) is 60.0 Å². The van der Waals surface area contributed by atoms with Crippen LogP contribution in [0.25, 0.3) is 10.7 Å². The molecule has 5 rings (SSSR count). The van der Waals surface area contributed by atoms with E-state index in [1.54, 1.807) is 23.6 Å². The van der Waals surface area contributed by atoms with Gasteiger partial charge in [0.1, 0.15) is 5.00 Å². The zero-order chi connectivity index (χ0) is 24.5. The number of hydrogen-bond acceptors (Lipinski definition) is 4. The molecule has 0 unspecified atom stereocenters. The summed E-state index contributed by atoms with van der Waals surface area (Å²) in [6, 6.07) is 13.1. The number of aromatic nitrogens is 2. The van der Waals surface area contributed by atoms with Crippen LogP contribution in [-0.4, -0.2) is 32.3 Å². The highest BCUT2D eigenvalue weighted by atomic mass is 32.1. The monoisotopic (exact) mass is 486 g/mol. The fraction of sp³-hybridized carbons (Fsp3) is 0.222. The number of nitrogens with one attached hydrogen (secondary N) is 1. The average molecular weight is 487 g/mol. The van der Waals surface area contributed by atoms with Crippen molar-refractivity contribution >= 4 is 29.4 Å². The summed E-state index contributed by atoms with van der Waals surface area (Å²) in [4.78, 5) is 26.2. The zero-order valence-corrected chi connectivity index (χ0v) is 20.4. The number of amides is 1. The maximum absolute atomic E-state index is 12.9. The Hall–Kier alpha value is -3.91. The highest BCUT2D eigenvalue weighted by Crippen LogP contribution is 2.38. The van der Waals surface area contributed by atoms with Crippen molar-refractivity contribution in [3.63, 3.8) is 0 Å². The molecule has 3 heterocycles. The number of benzene rings is 1. The summed E-state index contributed by atoms with van der Waals surface area (Å²) < 4.78 is 3.88. The number of hydrazone groups is 1. The molecule has 0 bridgehead atoms. The van der Waals surface area contributed by atoms with Gasteiger partial charge in [-0.2, -0.15) is 5.10 Å². The maximum atomic E-state index is 12.9. The van der Waals surface area contributed by atoms with E-state index in [9.17, 15) is 14.7 Å².